The van der Waals surface area contributed by atoms with E-state index in [1.807, 2.05) is 0 Å². The van der Waals surface area contributed by atoms with E-state index in [0.717, 1.165) is 0 Å². The molecule has 18 heavy (non-hydrogen) atoms. The average Bonchev–Trinajstić information content (AvgIpc) is 2.42. The van der Waals surface area contributed by atoms with Crippen LogP contribution in [-0.4, -0.2) is 40.9 Å². The summed E-state index contributed by atoms with van der Waals surface area (Å²) in [6.07, 6.45) is -4.82. The molecule has 0 spiro atoms. The van der Waals surface area contributed by atoms with Crippen LogP contribution in [-0.2, 0) is 4.79 Å². The number of carbonyl (C=O) groups is 2. The van der Waals surface area contributed by atoms with Gasteiger partial charge in [-0.05, 0) is 18.1 Å². The van der Waals surface area contributed by atoms with Gasteiger partial charge in [0.1, 0.15) is 0 Å². The maximum Gasteiger partial charge on any atom is 0.420 e. The standard InChI is InChI=1S/C10H15F3N2O2S/c1-8(2,5-18)4-15-6(16)9(3,10(11,12)13)14-7(15)17/h18H,4-5H2,1-3H3,(H,14,17). The molecule has 0 saturated carbocycles. The van der Waals surface area contributed by atoms with E-state index in [0.29, 0.717) is 17.6 Å². The van der Waals surface area contributed by atoms with Crippen molar-refractivity contribution in [2.45, 2.75) is 32.5 Å². The fraction of sp³-hybridized carbons (Fsp3) is 0.800. The first-order valence-electron chi connectivity index (χ1n) is 5.26. The molecule has 0 aromatic carbocycles. The zero-order valence-electron chi connectivity index (χ0n) is 10.3. The van der Waals surface area contributed by atoms with Crippen LogP contribution >= 0.6 is 12.6 Å². The van der Waals surface area contributed by atoms with Crippen LogP contribution in [0.4, 0.5) is 18.0 Å². The van der Waals surface area contributed by atoms with Gasteiger partial charge in [-0.1, -0.05) is 13.8 Å². The monoisotopic (exact) mass is 284 g/mol. The molecule has 1 fully saturated rings. The highest BCUT2D eigenvalue weighted by atomic mass is 32.1. The summed E-state index contributed by atoms with van der Waals surface area (Å²) in [5, 5.41) is 1.70. The highest BCUT2D eigenvalue weighted by molar-refractivity contribution is 7.80. The van der Waals surface area contributed by atoms with Gasteiger partial charge in [0.15, 0.2) is 0 Å². The van der Waals surface area contributed by atoms with Crippen LogP contribution in [0, 0.1) is 5.41 Å². The fourth-order valence-corrected chi connectivity index (χ4v) is 1.61. The number of thiol groups is 1. The van der Waals surface area contributed by atoms with E-state index in [4.69, 9.17) is 0 Å². The summed E-state index contributed by atoms with van der Waals surface area (Å²) < 4.78 is 38.3. The molecule has 1 unspecified atom stereocenters. The molecule has 1 rings (SSSR count). The zero-order valence-corrected chi connectivity index (χ0v) is 11.2. The lowest BCUT2D eigenvalue weighted by Gasteiger charge is -2.28. The quantitative estimate of drug-likeness (QED) is 0.613. The second-order valence-electron chi connectivity index (χ2n) is 5.27. The zero-order chi connectivity index (χ0) is 14.4. The lowest BCUT2D eigenvalue weighted by Crippen LogP contribution is -2.56. The van der Waals surface area contributed by atoms with Gasteiger partial charge in [0.25, 0.3) is 5.91 Å². The number of halogens is 3. The highest BCUT2D eigenvalue weighted by Gasteiger charge is 2.64. The Morgan fingerprint density at radius 2 is 1.83 bits per heavy atom. The third-order valence-corrected chi connectivity index (χ3v) is 3.71. The maximum atomic E-state index is 12.8. The topological polar surface area (TPSA) is 49.4 Å². The highest BCUT2D eigenvalue weighted by Crippen LogP contribution is 2.36. The molecule has 1 aliphatic heterocycles. The Labute approximate surface area is 108 Å². The van der Waals surface area contributed by atoms with Gasteiger partial charge in [-0.3, -0.25) is 9.69 Å². The predicted octanol–water partition coefficient (Wildman–Crippen LogP) is 1.82. The summed E-state index contributed by atoms with van der Waals surface area (Å²) in [6, 6.07) is -1.02. The molecule has 104 valence electrons. The van der Waals surface area contributed by atoms with E-state index in [2.05, 4.69) is 12.6 Å². The number of imide groups is 1. The van der Waals surface area contributed by atoms with Crippen LogP contribution in [0.3, 0.4) is 0 Å². The summed E-state index contributed by atoms with van der Waals surface area (Å²) in [4.78, 5) is 23.9. The molecule has 1 atom stereocenters. The predicted molar refractivity (Wildman–Crippen MR) is 62.3 cm³/mol. The number of hydrogen-bond donors (Lipinski definition) is 2. The minimum absolute atomic E-state index is 0.104. The van der Waals surface area contributed by atoms with Crippen LogP contribution in [0.15, 0.2) is 0 Å². The molecule has 4 nitrogen and oxygen atoms in total. The van der Waals surface area contributed by atoms with Crippen LogP contribution in [0.5, 0.6) is 0 Å². The normalized spacial score (nSPS) is 25.6. The van der Waals surface area contributed by atoms with Crippen molar-refractivity contribution in [1.29, 1.82) is 0 Å². The fourth-order valence-electron chi connectivity index (χ4n) is 1.51. The molecule has 0 radical (unpaired) electrons. The molecule has 0 aliphatic carbocycles. The molecule has 0 aromatic rings. The SMILES string of the molecule is CC(C)(CS)CN1C(=O)NC(C)(C(F)(F)F)C1=O. The van der Waals surface area contributed by atoms with Crippen molar-refractivity contribution in [3.8, 4) is 0 Å². The number of carbonyl (C=O) groups excluding carboxylic acids is 2. The molecule has 0 aromatic heterocycles. The third kappa shape index (κ3) is 2.43. The van der Waals surface area contributed by atoms with E-state index in [9.17, 15) is 22.8 Å². The summed E-state index contributed by atoms with van der Waals surface area (Å²) in [6.45, 7) is 3.99. The second kappa shape index (κ2) is 4.32. The van der Waals surface area contributed by atoms with Gasteiger partial charge < -0.3 is 5.32 Å². The number of nitrogens with zero attached hydrogens (tertiary/aromatic N) is 1. The lowest BCUT2D eigenvalue weighted by molar-refractivity contribution is -0.191. The summed E-state index contributed by atoms with van der Waals surface area (Å²) in [5.41, 5.74) is -3.39. The van der Waals surface area contributed by atoms with Crippen LogP contribution in [0.1, 0.15) is 20.8 Å². The first-order chi connectivity index (χ1) is 7.94. The molecule has 0 bridgehead atoms. The minimum Gasteiger partial charge on any atom is -0.316 e. The van der Waals surface area contributed by atoms with Crippen molar-refractivity contribution >= 4 is 24.6 Å². The molecule has 8 heteroatoms. The summed E-state index contributed by atoms with van der Waals surface area (Å²) >= 11 is 4.04. The van der Waals surface area contributed by atoms with E-state index < -0.39 is 29.1 Å². The first-order valence-corrected chi connectivity index (χ1v) is 5.89. The summed E-state index contributed by atoms with van der Waals surface area (Å²) in [5.74, 6) is -0.929. The van der Waals surface area contributed by atoms with Crippen molar-refractivity contribution in [2.24, 2.45) is 5.41 Å². The van der Waals surface area contributed by atoms with Gasteiger partial charge in [0.2, 0.25) is 5.54 Å². The molecule has 1 N–H and O–H groups in total. The number of nitrogens with one attached hydrogen (secondary N) is 1. The second-order valence-corrected chi connectivity index (χ2v) is 5.58. The number of rotatable bonds is 3. The van der Waals surface area contributed by atoms with Gasteiger partial charge >= 0.3 is 12.2 Å². The van der Waals surface area contributed by atoms with E-state index in [1.165, 1.54) is 0 Å². The molecule has 1 aliphatic rings. The number of amides is 3. The number of hydrogen-bond acceptors (Lipinski definition) is 3. The van der Waals surface area contributed by atoms with Crippen molar-refractivity contribution in [2.75, 3.05) is 12.3 Å². The van der Waals surface area contributed by atoms with Gasteiger partial charge in [0.05, 0.1) is 0 Å². The van der Waals surface area contributed by atoms with E-state index in [1.54, 1.807) is 19.2 Å². The number of alkyl halides is 3. The largest absolute Gasteiger partial charge is 0.420 e. The van der Waals surface area contributed by atoms with Crippen molar-refractivity contribution in [1.82, 2.24) is 10.2 Å². The molecule has 3 amide bonds. The van der Waals surface area contributed by atoms with Gasteiger partial charge in [-0.15, -0.1) is 0 Å². The average molecular weight is 284 g/mol. The Balaban J connectivity index is 3.00. The number of urea groups is 1. The van der Waals surface area contributed by atoms with E-state index >= 15 is 0 Å². The Morgan fingerprint density at radius 1 is 1.33 bits per heavy atom. The van der Waals surface area contributed by atoms with Crippen molar-refractivity contribution in [3.63, 3.8) is 0 Å². The Bertz CT molecular complexity index is 384. The minimum atomic E-state index is -4.82. The Morgan fingerprint density at radius 3 is 2.17 bits per heavy atom. The smallest absolute Gasteiger partial charge is 0.316 e. The summed E-state index contributed by atoms with van der Waals surface area (Å²) in [7, 11) is 0. The van der Waals surface area contributed by atoms with Gasteiger partial charge in [-0.25, -0.2) is 4.79 Å². The third-order valence-electron chi connectivity index (χ3n) is 2.86. The molecular weight excluding hydrogens is 269 g/mol. The maximum absolute atomic E-state index is 12.8. The van der Waals surface area contributed by atoms with E-state index in [-0.39, 0.29) is 6.54 Å². The van der Waals surface area contributed by atoms with Crippen LogP contribution in [0.25, 0.3) is 0 Å². The molecule has 1 heterocycles. The molecule has 1 saturated heterocycles. The first kappa shape index (κ1) is 15.1. The Hall–Kier alpha value is -0.920. The van der Waals surface area contributed by atoms with Gasteiger partial charge in [-0.2, -0.15) is 25.8 Å². The van der Waals surface area contributed by atoms with Gasteiger partial charge in [0, 0.05) is 6.54 Å². The van der Waals surface area contributed by atoms with Crippen molar-refractivity contribution in [3.05, 3.63) is 0 Å². The lowest BCUT2D eigenvalue weighted by atomic mass is 9.95. The van der Waals surface area contributed by atoms with Crippen LogP contribution in [0.2, 0.25) is 0 Å². The molecular formula is C10H15F3N2O2S. The Kier molecular flexibility index (Phi) is 3.64. The van der Waals surface area contributed by atoms with Crippen LogP contribution < -0.4 is 5.32 Å². The van der Waals surface area contributed by atoms with Crippen molar-refractivity contribution < 1.29 is 22.8 Å².